The number of aliphatic hydroxyl groups excluding tert-OH is 1. The molecule has 0 spiro atoms. The molecule has 3 heteroatoms. The third-order valence-electron chi connectivity index (χ3n) is 4.84. The molecule has 3 aromatic rings. The first-order valence-electron chi connectivity index (χ1n) is 8.20. The van der Waals surface area contributed by atoms with E-state index in [0.717, 1.165) is 16.7 Å². The van der Waals surface area contributed by atoms with Gasteiger partial charge in [-0.05, 0) is 35.8 Å². The number of aliphatic hydroxyl groups is 1. The summed E-state index contributed by atoms with van der Waals surface area (Å²) in [5, 5.41) is 10.2. The van der Waals surface area contributed by atoms with E-state index in [0.29, 0.717) is 0 Å². The fourth-order valence-corrected chi connectivity index (χ4v) is 3.78. The highest BCUT2D eigenvalue weighted by molar-refractivity contribution is 7.80. The van der Waals surface area contributed by atoms with E-state index in [-0.39, 0.29) is 5.05 Å². The second-order valence-corrected chi connectivity index (χ2v) is 6.74. The molecule has 0 aliphatic heterocycles. The lowest BCUT2D eigenvalue weighted by atomic mass is 9.59. The Labute approximate surface area is 153 Å². The smallest absolute Gasteiger partial charge is 0.178 e. The summed E-state index contributed by atoms with van der Waals surface area (Å²) >= 11 is 5.21. The highest BCUT2D eigenvalue weighted by Crippen LogP contribution is 2.46. The van der Waals surface area contributed by atoms with Crippen LogP contribution < -0.4 is 5.73 Å². The summed E-state index contributed by atoms with van der Waals surface area (Å²) < 4.78 is 0. The van der Waals surface area contributed by atoms with E-state index in [2.05, 4.69) is 0 Å². The Morgan fingerprint density at radius 3 is 1.24 bits per heavy atom. The van der Waals surface area contributed by atoms with Crippen molar-refractivity contribution in [1.82, 2.24) is 0 Å². The minimum atomic E-state index is -1.19. The van der Waals surface area contributed by atoms with E-state index >= 15 is 0 Å². The van der Waals surface area contributed by atoms with Crippen LogP contribution in [-0.2, 0) is 5.41 Å². The van der Waals surface area contributed by atoms with Crippen LogP contribution in [0, 0.1) is 0 Å². The number of hydrogen-bond acceptors (Lipinski definition) is 2. The van der Waals surface area contributed by atoms with E-state index in [4.69, 9.17) is 18.0 Å². The first-order valence-corrected chi connectivity index (χ1v) is 8.61. The summed E-state index contributed by atoms with van der Waals surface area (Å²) in [4.78, 5) is 0. The average molecular weight is 347 g/mol. The van der Waals surface area contributed by atoms with Crippen LogP contribution in [0.1, 0.15) is 23.6 Å². The molecule has 0 saturated carbocycles. The third kappa shape index (κ3) is 2.76. The van der Waals surface area contributed by atoms with Crippen LogP contribution in [0.25, 0.3) is 0 Å². The van der Waals surface area contributed by atoms with Gasteiger partial charge in [-0.2, -0.15) is 0 Å². The summed E-state index contributed by atoms with van der Waals surface area (Å²) in [6, 6.07) is 30.0. The Hall–Kier alpha value is -2.49. The zero-order valence-electron chi connectivity index (χ0n) is 14.1. The van der Waals surface area contributed by atoms with Crippen molar-refractivity contribution in [3.8, 4) is 0 Å². The normalized spacial score (nSPS) is 13.8. The van der Waals surface area contributed by atoms with E-state index in [9.17, 15) is 5.11 Å². The van der Waals surface area contributed by atoms with Crippen molar-refractivity contribution in [3.05, 3.63) is 108 Å². The summed E-state index contributed by atoms with van der Waals surface area (Å²) in [6.07, 6.45) is 0. The van der Waals surface area contributed by atoms with Crippen LogP contribution in [0.4, 0.5) is 0 Å². The maximum absolute atomic E-state index is 10.4. The topological polar surface area (TPSA) is 46.2 Å². The largest absolute Gasteiger partial charge is 0.501 e. The van der Waals surface area contributed by atoms with Crippen molar-refractivity contribution in [2.45, 2.75) is 17.9 Å². The predicted octanol–water partition coefficient (Wildman–Crippen LogP) is 4.62. The van der Waals surface area contributed by atoms with Gasteiger partial charge in [0.25, 0.3) is 0 Å². The average Bonchev–Trinajstić information content (AvgIpc) is 2.65. The molecule has 0 aliphatic rings. The maximum Gasteiger partial charge on any atom is 0.178 e. The number of benzene rings is 3. The van der Waals surface area contributed by atoms with E-state index in [1.54, 1.807) is 6.92 Å². The van der Waals surface area contributed by atoms with Crippen molar-refractivity contribution in [3.63, 3.8) is 0 Å². The molecule has 0 heterocycles. The fraction of sp³-hybridized carbons (Fsp3) is 0.136. The van der Waals surface area contributed by atoms with Crippen molar-refractivity contribution >= 4 is 17.3 Å². The lowest BCUT2D eigenvalue weighted by Crippen LogP contribution is -2.62. The van der Waals surface area contributed by atoms with Crippen LogP contribution in [0.2, 0.25) is 0 Å². The van der Waals surface area contributed by atoms with E-state index in [1.165, 1.54) is 0 Å². The van der Waals surface area contributed by atoms with Gasteiger partial charge in [-0.3, -0.25) is 0 Å². The lowest BCUT2D eigenvalue weighted by molar-refractivity contribution is 0.373. The summed E-state index contributed by atoms with van der Waals surface area (Å²) in [5.74, 6) is 0. The van der Waals surface area contributed by atoms with Gasteiger partial charge in [0, 0.05) is 0 Å². The zero-order chi connectivity index (χ0) is 17.9. The van der Waals surface area contributed by atoms with Gasteiger partial charge in [0.1, 0.15) is 0 Å². The van der Waals surface area contributed by atoms with Crippen LogP contribution >= 0.6 is 12.2 Å². The fourth-order valence-electron chi connectivity index (χ4n) is 3.62. The second kappa shape index (κ2) is 6.79. The summed E-state index contributed by atoms with van der Waals surface area (Å²) in [7, 11) is 0. The van der Waals surface area contributed by atoms with Gasteiger partial charge in [0.05, 0.1) is 11.0 Å². The molecule has 0 fully saturated rings. The van der Waals surface area contributed by atoms with Crippen LogP contribution in [-0.4, -0.2) is 15.7 Å². The second-order valence-electron chi connectivity index (χ2n) is 6.36. The standard InChI is InChI=1S/C22H21NOS/c1-21(23,20(24)25)22(17-11-5-2-6-12-17,18-13-7-3-8-14-18)19-15-9-4-10-16-19/h2-16H,23H2,1H3,(H,24,25). The molecule has 0 radical (unpaired) electrons. The lowest BCUT2D eigenvalue weighted by Gasteiger charge is -2.46. The molecule has 0 bridgehead atoms. The van der Waals surface area contributed by atoms with E-state index < -0.39 is 11.0 Å². The molecule has 3 rings (SSSR count). The molecule has 0 amide bonds. The Morgan fingerprint density at radius 2 is 1.00 bits per heavy atom. The number of hydrogen-bond donors (Lipinski definition) is 2. The Kier molecular flexibility index (Phi) is 4.71. The molecular formula is C22H21NOS. The molecule has 0 aromatic heterocycles. The highest BCUT2D eigenvalue weighted by Gasteiger charge is 2.52. The molecular weight excluding hydrogens is 326 g/mol. The van der Waals surface area contributed by atoms with Crippen LogP contribution in [0.15, 0.2) is 91.0 Å². The SMILES string of the molecule is CC(N)(C(O)=S)C(c1ccccc1)(c1ccccc1)c1ccccc1. The van der Waals surface area contributed by atoms with Gasteiger partial charge >= 0.3 is 0 Å². The molecule has 25 heavy (non-hydrogen) atoms. The molecule has 3 aromatic carbocycles. The van der Waals surface area contributed by atoms with Crippen LogP contribution in [0.5, 0.6) is 0 Å². The quantitative estimate of drug-likeness (QED) is 0.523. The third-order valence-corrected chi connectivity index (χ3v) is 5.27. The minimum absolute atomic E-state index is 0.218. The Bertz CT molecular complexity index is 748. The highest BCUT2D eigenvalue weighted by atomic mass is 32.1. The minimum Gasteiger partial charge on any atom is -0.501 e. The van der Waals surface area contributed by atoms with Gasteiger partial charge < -0.3 is 10.8 Å². The molecule has 0 aliphatic carbocycles. The van der Waals surface area contributed by atoms with Gasteiger partial charge in [0.15, 0.2) is 5.05 Å². The van der Waals surface area contributed by atoms with Gasteiger partial charge in [0.2, 0.25) is 0 Å². The predicted molar refractivity (Wildman–Crippen MR) is 107 cm³/mol. The molecule has 126 valence electrons. The van der Waals surface area contributed by atoms with Gasteiger partial charge in [-0.25, -0.2) is 0 Å². The molecule has 1 atom stereocenters. The van der Waals surface area contributed by atoms with Crippen molar-refractivity contribution in [1.29, 1.82) is 0 Å². The van der Waals surface area contributed by atoms with Crippen molar-refractivity contribution in [2.24, 2.45) is 5.73 Å². The first-order chi connectivity index (χ1) is 12.0. The van der Waals surface area contributed by atoms with Gasteiger partial charge in [-0.1, -0.05) is 91.0 Å². The molecule has 2 nitrogen and oxygen atoms in total. The Morgan fingerprint density at radius 1 is 0.720 bits per heavy atom. The van der Waals surface area contributed by atoms with Crippen molar-refractivity contribution in [2.75, 3.05) is 0 Å². The number of rotatable bonds is 5. The summed E-state index contributed by atoms with van der Waals surface area (Å²) in [5.41, 5.74) is 7.68. The number of nitrogens with two attached hydrogens (primary N) is 1. The van der Waals surface area contributed by atoms with E-state index in [1.807, 2.05) is 91.0 Å². The Balaban J connectivity index is 2.47. The zero-order valence-corrected chi connectivity index (χ0v) is 14.9. The van der Waals surface area contributed by atoms with Crippen LogP contribution in [0.3, 0.4) is 0 Å². The molecule has 1 unspecified atom stereocenters. The molecule has 3 N–H and O–H groups in total. The number of thiocarbonyl (C=S) groups is 1. The summed E-state index contributed by atoms with van der Waals surface area (Å²) in [6.45, 7) is 1.79. The monoisotopic (exact) mass is 347 g/mol. The maximum atomic E-state index is 10.4. The van der Waals surface area contributed by atoms with Gasteiger partial charge in [-0.15, -0.1) is 0 Å². The first kappa shape index (κ1) is 17.3. The van der Waals surface area contributed by atoms with Crippen molar-refractivity contribution < 1.29 is 5.11 Å². The molecule has 0 saturated heterocycles.